The third-order valence-electron chi connectivity index (χ3n) is 2.25. The van der Waals surface area contributed by atoms with Gasteiger partial charge >= 0.3 is 0 Å². The molecule has 2 aromatic rings. The summed E-state index contributed by atoms with van der Waals surface area (Å²) in [6, 6.07) is 6.77. The SMILES string of the molecule is Cn1cc(CNc2cccc(NS(N)(=O)=O)c2)nn1. The molecule has 0 saturated carbocycles. The number of aryl methyl sites for hydroxylation is 1. The van der Waals surface area contributed by atoms with Crippen LogP contribution >= 0.6 is 0 Å². The Labute approximate surface area is 110 Å². The molecule has 0 amide bonds. The van der Waals surface area contributed by atoms with Crippen LogP contribution in [0.15, 0.2) is 30.5 Å². The van der Waals surface area contributed by atoms with Gasteiger partial charge in [-0.3, -0.25) is 9.40 Å². The minimum atomic E-state index is -3.76. The van der Waals surface area contributed by atoms with Gasteiger partial charge in [0.25, 0.3) is 10.2 Å². The maximum Gasteiger partial charge on any atom is 0.296 e. The lowest BCUT2D eigenvalue weighted by Crippen LogP contribution is -2.21. The van der Waals surface area contributed by atoms with Crippen molar-refractivity contribution >= 4 is 21.6 Å². The van der Waals surface area contributed by atoms with E-state index >= 15 is 0 Å². The fourth-order valence-corrected chi connectivity index (χ4v) is 1.98. The largest absolute Gasteiger partial charge is 0.379 e. The van der Waals surface area contributed by atoms with Crippen LogP contribution in [-0.4, -0.2) is 23.4 Å². The van der Waals surface area contributed by atoms with E-state index in [-0.39, 0.29) is 0 Å². The molecule has 8 nitrogen and oxygen atoms in total. The molecule has 0 aliphatic heterocycles. The molecule has 9 heteroatoms. The zero-order chi connectivity index (χ0) is 13.9. The zero-order valence-electron chi connectivity index (χ0n) is 10.2. The number of hydrogen-bond donors (Lipinski definition) is 3. The number of hydrogen-bond acceptors (Lipinski definition) is 5. The Hall–Kier alpha value is -2.13. The van der Waals surface area contributed by atoms with Gasteiger partial charge in [0.15, 0.2) is 0 Å². The van der Waals surface area contributed by atoms with Crippen LogP contribution in [0, 0.1) is 0 Å². The van der Waals surface area contributed by atoms with Crippen LogP contribution < -0.4 is 15.2 Å². The molecule has 0 radical (unpaired) electrons. The number of nitrogens with zero attached hydrogens (tertiary/aromatic N) is 3. The Balaban J connectivity index is 2.03. The molecule has 0 fully saturated rings. The molecule has 0 unspecified atom stereocenters. The van der Waals surface area contributed by atoms with Crippen LogP contribution in [0.3, 0.4) is 0 Å². The fraction of sp³-hybridized carbons (Fsp3) is 0.200. The molecule has 0 aliphatic rings. The first-order valence-electron chi connectivity index (χ1n) is 5.42. The van der Waals surface area contributed by atoms with E-state index in [4.69, 9.17) is 5.14 Å². The van der Waals surface area contributed by atoms with Crippen LogP contribution in [0.1, 0.15) is 5.69 Å². The number of anilines is 2. The molecule has 0 aliphatic carbocycles. The normalized spacial score (nSPS) is 11.3. The Morgan fingerprint density at radius 1 is 1.37 bits per heavy atom. The molecule has 4 N–H and O–H groups in total. The topological polar surface area (TPSA) is 115 Å². The van der Waals surface area contributed by atoms with E-state index in [0.29, 0.717) is 12.2 Å². The first-order chi connectivity index (χ1) is 8.92. The lowest BCUT2D eigenvalue weighted by molar-refractivity contribution is 0.603. The van der Waals surface area contributed by atoms with Gasteiger partial charge in [0.1, 0.15) is 5.69 Å². The van der Waals surface area contributed by atoms with Crippen molar-refractivity contribution in [2.45, 2.75) is 6.54 Å². The lowest BCUT2D eigenvalue weighted by Gasteiger charge is -2.07. The van der Waals surface area contributed by atoms with Crippen molar-refractivity contribution in [1.82, 2.24) is 15.0 Å². The standard InChI is InChI=1S/C10H14N6O2S/c1-16-7-10(13-15-16)6-12-8-3-2-4-9(5-8)14-19(11,17)18/h2-5,7,12,14H,6H2,1H3,(H2,11,17,18). The average Bonchev–Trinajstić information content (AvgIpc) is 2.71. The lowest BCUT2D eigenvalue weighted by atomic mass is 10.3. The number of aromatic nitrogens is 3. The molecular weight excluding hydrogens is 268 g/mol. The minimum Gasteiger partial charge on any atom is -0.379 e. The predicted molar refractivity (Wildman–Crippen MR) is 71.5 cm³/mol. The summed E-state index contributed by atoms with van der Waals surface area (Å²) in [6.07, 6.45) is 1.79. The Bertz CT molecular complexity index is 666. The molecule has 0 saturated heterocycles. The zero-order valence-corrected chi connectivity index (χ0v) is 11.1. The number of benzene rings is 1. The van der Waals surface area contributed by atoms with E-state index in [2.05, 4.69) is 20.4 Å². The van der Waals surface area contributed by atoms with Crippen molar-refractivity contribution in [2.24, 2.45) is 12.2 Å². The van der Waals surface area contributed by atoms with Crippen molar-refractivity contribution in [3.05, 3.63) is 36.2 Å². The van der Waals surface area contributed by atoms with Gasteiger partial charge in [-0.15, -0.1) is 5.10 Å². The highest BCUT2D eigenvalue weighted by Crippen LogP contribution is 2.16. The van der Waals surface area contributed by atoms with Gasteiger partial charge in [-0.25, -0.2) is 5.14 Å². The summed E-state index contributed by atoms with van der Waals surface area (Å²) in [5.74, 6) is 0. The van der Waals surface area contributed by atoms with E-state index in [9.17, 15) is 8.42 Å². The van der Waals surface area contributed by atoms with Gasteiger partial charge < -0.3 is 5.32 Å². The summed E-state index contributed by atoms with van der Waals surface area (Å²) in [5.41, 5.74) is 1.93. The highest BCUT2D eigenvalue weighted by atomic mass is 32.2. The van der Waals surface area contributed by atoms with E-state index in [1.54, 1.807) is 36.1 Å². The average molecular weight is 282 g/mol. The van der Waals surface area contributed by atoms with Crippen molar-refractivity contribution in [3.8, 4) is 0 Å². The molecular formula is C10H14N6O2S. The smallest absolute Gasteiger partial charge is 0.296 e. The summed E-state index contributed by atoms with van der Waals surface area (Å²) >= 11 is 0. The second-order valence-corrected chi connectivity index (χ2v) is 5.26. The van der Waals surface area contributed by atoms with Gasteiger partial charge in [-0.05, 0) is 18.2 Å². The monoisotopic (exact) mass is 282 g/mol. The van der Waals surface area contributed by atoms with E-state index < -0.39 is 10.2 Å². The molecule has 0 spiro atoms. The van der Waals surface area contributed by atoms with Gasteiger partial charge in [-0.2, -0.15) is 8.42 Å². The van der Waals surface area contributed by atoms with Crippen molar-refractivity contribution in [2.75, 3.05) is 10.0 Å². The van der Waals surface area contributed by atoms with E-state index in [0.717, 1.165) is 11.4 Å². The van der Waals surface area contributed by atoms with Crippen LogP contribution in [0.4, 0.5) is 11.4 Å². The third kappa shape index (κ3) is 4.23. The van der Waals surface area contributed by atoms with E-state index in [1.807, 2.05) is 6.07 Å². The van der Waals surface area contributed by atoms with Crippen molar-refractivity contribution < 1.29 is 8.42 Å². The molecule has 1 aromatic carbocycles. The highest BCUT2D eigenvalue weighted by Gasteiger charge is 2.03. The van der Waals surface area contributed by atoms with Gasteiger partial charge in [0, 0.05) is 18.9 Å². The van der Waals surface area contributed by atoms with Crippen LogP contribution in [-0.2, 0) is 23.8 Å². The van der Waals surface area contributed by atoms with E-state index in [1.165, 1.54) is 0 Å². The fourth-order valence-electron chi connectivity index (χ4n) is 1.53. The summed E-state index contributed by atoms with van der Waals surface area (Å²) in [6.45, 7) is 0.493. The summed E-state index contributed by atoms with van der Waals surface area (Å²) in [4.78, 5) is 0. The van der Waals surface area contributed by atoms with Gasteiger partial charge in [0.2, 0.25) is 0 Å². The van der Waals surface area contributed by atoms with Gasteiger partial charge in [-0.1, -0.05) is 11.3 Å². The molecule has 1 heterocycles. The van der Waals surface area contributed by atoms with Crippen LogP contribution in [0.25, 0.3) is 0 Å². The first-order valence-corrected chi connectivity index (χ1v) is 6.97. The predicted octanol–water partition coefficient (Wildman–Crippen LogP) is 0.0426. The number of rotatable bonds is 5. The Kier molecular flexibility index (Phi) is 3.67. The summed E-state index contributed by atoms with van der Waals surface area (Å²) in [7, 11) is -1.98. The maximum absolute atomic E-state index is 10.9. The second kappa shape index (κ2) is 5.24. The molecule has 102 valence electrons. The summed E-state index contributed by atoms with van der Waals surface area (Å²) in [5, 5.41) is 15.8. The third-order valence-corrected chi connectivity index (χ3v) is 2.77. The second-order valence-electron chi connectivity index (χ2n) is 3.96. The Morgan fingerprint density at radius 3 is 2.74 bits per heavy atom. The highest BCUT2D eigenvalue weighted by molar-refractivity contribution is 7.90. The van der Waals surface area contributed by atoms with Crippen molar-refractivity contribution in [3.63, 3.8) is 0 Å². The van der Waals surface area contributed by atoms with Gasteiger partial charge in [0.05, 0.1) is 12.2 Å². The number of nitrogens with one attached hydrogen (secondary N) is 2. The molecule has 1 aromatic heterocycles. The molecule has 19 heavy (non-hydrogen) atoms. The molecule has 2 rings (SSSR count). The minimum absolute atomic E-state index is 0.395. The quantitative estimate of drug-likeness (QED) is 0.716. The first kappa shape index (κ1) is 13.3. The number of nitrogens with two attached hydrogens (primary N) is 1. The van der Waals surface area contributed by atoms with Crippen LogP contribution in [0.5, 0.6) is 0 Å². The molecule has 0 bridgehead atoms. The maximum atomic E-state index is 10.9. The van der Waals surface area contributed by atoms with Crippen LogP contribution in [0.2, 0.25) is 0 Å². The van der Waals surface area contributed by atoms with Crippen molar-refractivity contribution in [1.29, 1.82) is 0 Å². The molecule has 0 atom stereocenters. The Morgan fingerprint density at radius 2 is 2.11 bits per heavy atom. The summed E-state index contributed by atoms with van der Waals surface area (Å²) < 4.78 is 25.6.